The number of nitrogens with one attached hydrogen (secondary N) is 2. The first kappa shape index (κ1) is 14.1. The van der Waals surface area contributed by atoms with Gasteiger partial charge in [-0.3, -0.25) is 10.1 Å². The van der Waals surface area contributed by atoms with Crippen LogP contribution in [0.25, 0.3) is 10.9 Å². The third-order valence-electron chi connectivity index (χ3n) is 4.51. The van der Waals surface area contributed by atoms with Crippen LogP contribution in [0.2, 0.25) is 0 Å². The Hall–Kier alpha value is -1.88. The molecule has 21 heavy (non-hydrogen) atoms. The minimum absolute atomic E-state index is 0.169. The highest BCUT2D eigenvalue weighted by molar-refractivity contribution is 5.85. The van der Waals surface area contributed by atoms with Gasteiger partial charge in [-0.2, -0.15) is 0 Å². The Balaban J connectivity index is 1.92. The van der Waals surface area contributed by atoms with Gasteiger partial charge in [0.05, 0.1) is 4.92 Å². The van der Waals surface area contributed by atoms with Crippen LogP contribution in [0.15, 0.2) is 24.4 Å². The Morgan fingerprint density at radius 2 is 2.29 bits per heavy atom. The number of nitro benzene ring substituents is 1. The fraction of sp³-hybridized carbons (Fsp3) is 0.500. The summed E-state index contributed by atoms with van der Waals surface area (Å²) in [5.41, 5.74) is 2.39. The van der Waals surface area contributed by atoms with E-state index in [-0.39, 0.29) is 10.6 Å². The fourth-order valence-corrected chi connectivity index (χ4v) is 3.53. The van der Waals surface area contributed by atoms with E-state index in [1.807, 2.05) is 12.3 Å². The molecule has 5 heteroatoms. The Morgan fingerprint density at radius 1 is 1.43 bits per heavy atom. The highest BCUT2D eigenvalue weighted by atomic mass is 16.6. The van der Waals surface area contributed by atoms with Crippen LogP contribution < -0.4 is 5.32 Å². The number of hydrogen-bond donors (Lipinski definition) is 2. The van der Waals surface area contributed by atoms with E-state index in [0.717, 1.165) is 30.3 Å². The minimum Gasteiger partial charge on any atom is -0.361 e. The van der Waals surface area contributed by atoms with Gasteiger partial charge in [0.2, 0.25) is 0 Å². The summed E-state index contributed by atoms with van der Waals surface area (Å²) in [6.45, 7) is 3.13. The van der Waals surface area contributed by atoms with E-state index in [9.17, 15) is 10.1 Å². The molecule has 1 fully saturated rings. The second-order valence-corrected chi connectivity index (χ2v) is 5.85. The van der Waals surface area contributed by atoms with Crippen molar-refractivity contribution in [2.75, 3.05) is 6.54 Å². The first-order valence-corrected chi connectivity index (χ1v) is 7.68. The first-order chi connectivity index (χ1) is 10.2. The lowest BCUT2D eigenvalue weighted by Gasteiger charge is -2.29. The molecular formula is C16H21N3O2. The lowest BCUT2D eigenvalue weighted by atomic mass is 9.81. The summed E-state index contributed by atoms with van der Waals surface area (Å²) in [5.74, 6) is 0.485. The van der Waals surface area contributed by atoms with Gasteiger partial charge in [-0.15, -0.1) is 0 Å². The van der Waals surface area contributed by atoms with Crippen LogP contribution in [-0.4, -0.2) is 22.5 Å². The highest BCUT2D eigenvalue weighted by Crippen LogP contribution is 2.37. The van der Waals surface area contributed by atoms with Gasteiger partial charge < -0.3 is 10.3 Å². The average molecular weight is 287 g/mol. The molecule has 2 N–H and O–H groups in total. The topological polar surface area (TPSA) is 71.0 Å². The lowest BCUT2D eigenvalue weighted by molar-refractivity contribution is -0.384. The van der Waals surface area contributed by atoms with Crippen LogP contribution in [-0.2, 0) is 0 Å². The maximum atomic E-state index is 11.0. The largest absolute Gasteiger partial charge is 0.361 e. The fourth-order valence-electron chi connectivity index (χ4n) is 3.53. The number of fused-ring (bicyclic) bond motifs is 1. The monoisotopic (exact) mass is 287 g/mol. The summed E-state index contributed by atoms with van der Waals surface area (Å²) < 4.78 is 0. The third-order valence-corrected chi connectivity index (χ3v) is 4.51. The predicted octanol–water partition coefficient (Wildman–Crippen LogP) is 3.71. The van der Waals surface area contributed by atoms with Crippen molar-refractivity contribution in [1.82, 2.24) is 10.3 Å². The van der Waals surface area contributed by atoms with E-state index in [2.05, 4.69) is 17.2 Å². The van der Waals surface area contributed by atoms with Crippen molar-refractivity contribution in [3.63, 3.8) is 0 Å². The van der Waals surface area contributed by atoms with Crippen molar-refractivity contribution in [3.05, 3.63) is 40.1 Å². The summed E-state index contributed by atoms with van der Waals surface area (Å²) in [7, 11) is 0. The third kappa shape index (κ3) is 2.78. The molecule has 0 spiro atoms. The molecule has 112 valence electrons. The number of hydrogen-bond acceptors (Lipinski definition) is 3. The predicted molar refractivity (Wildman–Crippen MR) is 83.6 cm³/mol. The zero-order chi connectivity index (χ0) is 14.8. The van der Waals surface area contributed by atoms with Crippen molar-refractivity contribution < 1.29 is 4.92 Å². The van der Waals surface area contributed by atoms with Gasteiger partial charge in [-0.25, -0.2) is 0 Å². The van der Waals surface area contributed by atoms with Gasteiger partial charge >= 0.3 is 0 Å². The Bertz CT molecular complexity index is 648. The van der Waals surface area contributed by atoms with E-state index in [1.54, 1.807) is 12.1 Å². The zero-order valence-electron chi connectivity index (χ0n) is 12.3. The summed E-state index contributed by atoms with van der Waals surface area (Å²) in [5, 5.41) is 15.5. The minimum atomic E-state index is -0.321. The summed E-state index contributed by atoms with van der Waals surface area (Å²) in [6.07, 6.45) is 6.76. The van der Waals surface area contributed by atoms with E-state index >= 15 is 0 Å². The van der Waals surface area contributed by atoms with Gasteiger partial charge in [0.15, 0.2) is 0 Å². The summed E-state index contributed by atoms with van der Waals surface area (Å²) >= 11 is 0. The normalized spacial score (nSPS) is 22.5. The number of nitro groups is 1. The van der Waals surface area contributed by atoms with E-state index in [4.69, 9.17) is 0 Å². The van der Waals surface area contributed by atoms with Gasteiger partial charge in [-0.1, -0.05) is 13.3 Å². The molecule has 0 amide bonds. The maximum Gasteiger partial charge on any atom is 0.270 e. The van der Waals surface area contributed by atoms with E-state index in [0.29, 0.717) is 12.0 Å². The molecule has 2 aromatic rings. The Labute approximate surface area is 123 Å². The smallest absolute Gasteiger partial charge is 0.270 e. The van der Waals surface area contributed by atoms with Crippen LogP contribution in [0, 0.1) is 10.1 Å². The first-order valence-electron chi connectivity index (χ1n) is 7.68. The van der Waals surface area contributed by atoms with Crippen LogP contribution >= 0.6 is 0 Å². The maximum absolute atomic E-state index is 11.0. The molecule has 0 aliphatic heterocycles. The van der Waals surface area contributed by atoms with Crippen LogP contribution in [0.1, 0.15) is 44.1 Å². The number of H-pyrrole nitrogens is 1. The molecule has 1 heterocycles. The molecule has 5 nitrogen and oxygen atoms in total. The van der Waals surface area contributed by atoms with Crippen LogP contribution in [0.4, 0.5) is 5.69 Å². The van der Waals surface area contributed by atoms with Crippen molar-refractivity contribution in [3.8, 4) is 0 Å². The lowest BCUT2D eigenvalue weighted by Crippen LogP contribution is -2.33. The quantitative estimate of drug-likeness (QED) is 0.665. The molecule has 1 aromatic carbocycles. The Kier molecular flexibility index (Phi) is 3.92. The van der Waals surface area contributed by atoms with Gasteiger partial charge in [0.25, 0.3) is 5.69 Å². The molecule has 2 unspecified atom stereocenters. The molecule has 3 rings (SSSR count). The van der Waals surface area contributed by atoms with E-state index < -0.39 is 0 Å². The van der Waals surface area contributed by atoms with E-state index in [1.165, 1.54) is 18.4 Å². The standard InChI is InChI=1S/C16H21N3O2/c1-2-17-12-5-3-4-11(8-12)15-10-18-16-7-6-13(19(20)21)9-14(15)16/h6-7,9-12,17-18H,2-5,8H2,1H3. The zero-order valence-corrected chi connectivity index (χ0v) is 12.3. The average Bonchev–Trinajstić information content (AvgIpc) is 2.90. The molecule has 1 aliphatic carbocycles. The second-order valence-electron chi connectivity index (χ2n) is 5.85. The van der Waals surface area contributed by atoms with Crippen LogP contribution in [0.5, 0.6) is 0 Å². The van der Waals surface area contributed by atoms with Gasteiger partial charge in [0, 0.05) is 35.3 Å². The number of nitrogens with zero attached hydrogens (tertiary/aromatic N) is 1. The molecular weight excluding hydrogens is 266 g/mol. The van der Waals surface area contributed by atoms with Gasteiger partial charge in [0.1, 0.15) is 0 Å². The van der Waals surface area contributed by atoms with Crippen molar-refractivity contribution in [2.24, 2.45) is 0 Å². The summed E-state index contributed by atoms with van der Waals surface area (Å²) in [4.78, 5) is 13.9. The molecule has 1 aromatic heterocycles. The number of rotatable bonds is 4. The van der Waals surface area contributed by atoms with Gasteiger partial charge in [-0.05, 0) is 43.4 Å². The molecule has 0 radical (unpaired) electrons. The number of aromatic nitrogens is 1. The molecule has 0 bridgehead atoms. The van der Waals surface area contributed by atoms with Crippen LogP contribution in [0.3, 0.4) is 0 Å². The van der Waals surface area contributed by atoms with Crippen molar-refractivity contribution in [1.29, 1.82) is 0 Å². The summed E-state index contributed by atoms with van der Waals surface area (Å²) in [6, 6.07) is 5.64. The molecule has 1 aliphatic rings. The molecule has 0 saturated heterocycles. The molecule has 2 atom stereocenters. The SMILES string of the molecule is CCNC1CCCC(c2c[nH]c3ccc([N+](=O)[O-])cc23)C1. The number of aromatic amines is 1. The van der Waals surface area contributed by atoms with Crippen molar-refractivity contribution in [2.45, 2.75) is 44.6 Å². The number of benzene rings is 1. The highest BCUT2D eigenvalue weighted by Gasteiger charge is 2.25. The molecule has 1 saturated carbocycles. The Morgan fingerprint density at radius 3 is 3.05 bits per heavy atom. The second kappa shape index (κ2) is 5.85. The number of non-ortho nitro benzene ring substituents is 1. The van der Waals surface area contributed by atoms with Crippen molar-refractivity contribution >= 4 is 16.6 Å².